The van der Waals surface area contributed by atoms with E-state index < -0.39 is 0 Å². The van der Waals surface area contributed by atoms with E-state index in [1.807, 2.05) is 0 Å². The second kappa shape index (κ2) is 9.67. The summed E-state index contributed by atoms with van der Waals surface area (Å²) in [5, 5.41) is 12.1. The van der Waals surface area contributed by atoms with Crippen LogP contribution in [0.3, 0.4) is 0 Å². The van der Waals surface area contributed by atoms with E-state index in [4.69, 9.17) is 44.3 Å². The maximum atomic E-state index is 11.9. The van der Waals surface area contributed by atoms with Crippen LogP contribution in [0.1, 0.15) is 29.2 Å². The van der Waals surface area contributed by atoms with Gasteiger partial charge in [0.2, 0.25) is 5.91 Å². The Morgan fingerprint density at radius 1 is 1.18 bits per heavy atom. The number of ether oxygens (including phenoxy) is 2. The van der Waals surface area contributed by atoms with E-state index in [0.29, 0.717) is 38.7 Å². The summed E-state index contributed by atoms with van der Waals surface area (Å²) < 4.78 is 10.9. The molecule has 0 radical (unpaired) electrons. The van der Waals surface area contributed by atoms with Gasteiger partial charge in [-0.25, -0.2) is 0 Å². The highest BCUT2D eigenvalue weighted by Crippen LogP contribution is 2.48. The summed E-state index contributed by atoms with van der Waals surface area (Å²) in [6, 6.07) is 6.96. The van der Waals surface area contributed by atoms with Crippen molar-refractivity contribution in [3.05, 3.63) is 68.8 Å². The van der Waals surface area contributed by atoms with Gasteiger partial charge < -0.3 is 14.8 Å². The van der Waals surface area contributed by atoms with Crippen LogP contribution in [0.4, 0.5) is 5.69 Å². The molecule has 0 bridgehead atoms. The number of fused-ring (bicyclic) bond motifs is 1. The lowest BCUT2D eigenvalue weighted by atomic mass is 9.81. The third kappa shape index (κ3) is 4.43. The number of anilines is 1. The lowest BCUT2D eigenvalue weighted by molar-refractivity contribution is -0.111. The predicted molar refractivity (Wildman–Crippen MR) is 132 cm³/mol. The number of benzene rings is 2. The SMILES string of the molecule is C=CC(=O)Nc1ccc(Cl)cc1-c1n[nH]c2c1CC[C@@H](c1c(Cl)c(OC)cc(OC)c1Cl)C2. The summed E-state index contributed by atoms with van der Waals surface area (Å²) in [6.45, 7) is 3.51. The normalized spacial score (nSPS) is 15.0. The molecule has 0 saturated heterocycles. The van der Waals surface area contributed by atoms with E-state index in [-0.39, 0.29) is 11.8 Å². The third-order valence-corrected chi connectivity index (χ3v) is 6.86. The van der Waals surface area contributed by atoms with Crippen LogP contribution < -0.4 is 14.8 Å². The first-order valence-electron chi connectivity index (χ1n) is 10.3. The molecule has 6 nitrogen and oxygen atoms in total. The van der Waals surface area contributed by atoms with E-state index in [1.54, 1.807) is 38.5 Å². The van der Waals surface area contributed by atoms with Crippen molar-refractivity contribution >= 4 is 46.4 Å². The van der Waals surface area contributed by atoms with Crippen molar-refractivity contribution < 1.29 is 14.3 Å². The van der Waals surface area contributed by atoms with E-state index in [0.717, 1.165) is 40.9 Å². The highest BCUT2D eigenvalue weighted by atomic mass is 35.5. The number of aromatic nitrogens is 2. The minimum Gasteiger partial charge on any atom is -0.495 e. The molecule has 33 heavy (non-hydrogen) atoms. The number of amides is 1. The van der Waals surface area contributed by atoms with Crippen LogP contribution in [-0.2, 0) is 17.6 Å². The van der Waals surface area contributed by atoms with E-state index in [1.165, 1.54) is 6.08 Å². The molecule has 2 N–H and O–H groups in total. The standard InChI is InChI=1S/C24H22Cl3N3O3/c1-4-20(31)28-16-8-6-13(25)10-15(16)24-14-7-5-12(9-17(14)29-30-24)21-22(26)18(32-2)11-19(33-3)23(21)27/h4,6,8,10-12H,1,5,7,9H2,2-3H3,(H,28,31)(H,29,30)/t12-/m1/s1. The quantitative estimate of drug-likeness (QED) is 0.377. The number of methoxy groups -OCH3 is 2. The molecule has 1 aliphatic carbocycles. The van der Waals surface area contributed by atoms with E-state index in [2.05, 4.69) is 22.1 Å². The van der Waals surface area contributed by atoms with Crippen LogP contribution >= 0.6 is 34.8 Å². The summed E-state index contributed by atoms with van der Waals surface area (Å²) in [6.07, 6.45) is 3.41. The fraction of sp³-hybridized carbons (Fsp3) is 0.250. The predicted octanol–water partition coefficient (Wildman–Crippen LogP) is 6.45. The maximum absolute atomic E-state index is 11.9. The van der Waals surface area contributed by atoms with E-state index in [9.17, 15) is 4.79 Å². The number of carbonyl (C=O) groups is 1. The average Bonchev–Trinajstić information content (AvgIpc) is 3.23. The molecule has 1 aromatic heterocycles. The number of nitrogens with one attached hydrogen (secondary N) is 2. The molecule has 4 rings (SSSR count). The molecule has 0 spiro atoms. The molecule has 1 heterocycles. The lowest BCUT2D eigenvalue weighted by Crippen LogP contribution is -2.14. The van der Waals surface area contributed by atoms with Crippen LogP contribution in [0.25, 0.3) is 11.3 Å². The fourth-order valence-corrected chi connectivity index (χ4v) is 5.23. The molecule has 1 amide bonds. The van der Waals surface area contributed by atoms with E-state index >= 15 is 0 Å². The monoisotopic (exact) mass is 505 g/mol. The molecule has 0 aliphatic heterocycles. The van der Waals surface area contributed by atoms with Gasteiger partial charge >= 0.3 is 0 Å². The van der Waals surface area contributed by atoms with Gasteiger partial charge in [-0.2, -0.15) is 5.10 Å². The van der Waals surface area contributed by atoms with Gasteiger partial charge in [-0.3, -0.25) is 9.89 Å². The number of rotatable bonds is 6. The molecule has 0 fully saturated rings. The largest absolute Gasteiger partial charge is 0.495 e. The zero-order valence-electron chi connectivity index (χ0n) is 18.1. The molecule has 1 aliphatic rings. The van der Waals surface area contributed by atoms with Crippen molar-refractivity contribution in [2.24, 2.45) is 0 Å². The Morgan fingerprint density at radius 3 is 2.52 bits per heavy atom. The highest BCUT2D eigenvalue weighted by molar-refractivity contribution is 6.38. The first kappa shape index (κ1) is 23.5. The van der Waals surface area contributed by atoms with Gasteiger partial charge in [0.05, 0.1) is 35.6 Å². The first-order chi connectivity index (χ1) is 15.9. The topological polar surface area (TPSA) is 76.2 Å². The molecule has 0 saturated carbocycles. The molecular weight excluding hydrogens is 485 g/mol. The van der Waals surface area contributed by atoms with Crippen LogP contribution in [0.2, 0.25) is 15.1 Å². The molecule has 0 unspecified atom stereocenters. The molecule has 1 atom stereocenters. The number of H-pyrrole nitrogens is 1. The van der Waals surface area contributed by atoms with Crippen molar-refractivity contribution in [3.8, 4) is 22.8 Å². The van der Waals surface area contributed by atoms with Crippen molar-refractivity contribution in [3.63, 3.8) is 0 Å². The fourth-order valence-electron chi connectivity index (χ4n) is 4.24. The number of carbonyl (C=O) groups excluding carboxylic acids is 1. The molecule has 172 valence electrons. The average molecular weight is 507 g/mol. The summed E-state index contributed by atoms with van der Waals surface area (Å²) in [4.78, 5) is 11.9. The molecule has 2 aromatic carbocycles. The number of halogens is 3. The zero-order valence-corrected chi connectivity index (χ0v) is 20.4. The summed E-state index contributed by atoms with van der Waals surface area (Å²) in [7, 11) is 3.12. The highest BCUT2D eigenvalue weighted by Gasteiger charge is 2.31. The first-order valence-corrected chi connectivity index (χ1v) is 11.4. The number of hydrogen-bond acceptors (Lipinski definition) is 4. The van der Waals surface area contributed by atoms with Gasteiger partial charge in [-0.15, -0.1) is 0 Å². The van der Waals surface area contributed by atoms with Gasteiger partial charge in [-0.1, -0.05) is 41.4 Å². The Bertz CT molecular complexity index is 1210. The summed E-state index contributed by atoms with van der Waals surface area (Å²) in [5.41, 5.74) is 4.97. The van der Waals surface area contributed by atoms with Crippen LogP contribution in [0, 0.1) is 0 Å². The Morgan fingerprint density at radius 2 is 1.88 bits per heavy atom. The van der Waals surface area contributed by atoms with Crippen LogP contribution in [0.5, 0.6) is 11.5 Å². The van der Waals surface area contributed by atoms with Gasteiger partial charge in [0.25, 0.3) is 0 Å². The third-order valence-electron chi connectivity index (χ3n) is 5.84. The molecule has 3 aromatic rings. The van der Waals surface area contributed by atoms with Gasteiger partial charge in [0.1, 0.15) is 11.5 Å². The van der Waals surface area contributed by atoms with Crippen molar-refractivity contribution in [1.82, 2.24) is 10.2 Å². The smallest absolute Gasteiger partial charge is 0.247 e. The Kier molecular flexibility index (Phi) is 6.88. The van der Waals surface area contributed by atoms with Crippen molar-refractivity contribution in [2.75, 3.05) is 19.5 Å². The molecule has 9 heteroatoms. The van der Waals surface area contributed by atoms with Gasteiger partial charge in [0, 0.05) is 33.5 Å². The Balaban J connectivity index is 1.72. The van der Waals surface area contributed by atoms with Crippen LogP contribution in [-0.4, -0.2) is 30.3 Å². The Labute approximate surface area is 206 Å². The molecular formula is C24H22Cl3N3O3. The maximum Gasteiger partial charge on any atom is 0.247 e. The number of aromatic amines is 1. The lowest BCUT2D eigenvalue weighted by Gasteiger charge is -2.26. The number of nitrogens with zero attached hydrogens (tertiary/aromatic N) is 1. The van der Waals surface area contributed by atoms with Gasteiger partial charge in [0.15, 0.2) is 0 Å². The minimum atomic E-state index is -0.306. The number of hydrogen-bond donors (Lipinski definition) is 2. The van der Waals surface area contributed by atoms with Gasteiger partial charge in [-0.05, 0) is 49.5 Å². The minimum absolute atomic E-state index is 0.0501. The summed E-state index contributed by atoms with van der Waals surface area (Å²) >= 11 is 19.6. The second-order valence-corrected chi connectivity index (χ2v) is 8.87. The summed E-state index contributed by atoms with van der Waals surface area (Å²) in [5.74, 6) is 0.782. The van der Waals surface area contributed by atoms with Crippen molar-refractivity contribution in [2.45, 2.75) is 25.2 Å². The second-order valence-electron chi connectivity index (χ2n) is 7.68. The van der Waals surface area contributed by atoms with Crippen LogP contribution in [0.15, 0.2) is 36.9 Å². The zero-order chi connectivity index (χ0) is 23.7. The van der Waals surface area contributed by atoms with Crippen molar-refractivity contribution in [1.29, 1.82) is 0 Å². The Hall–Kier alpha value is -2.67.